The molecule has 0 aromatic carbocycles. The van der Waals surface area contributed by atoms with Crippen molar-refractivity contribution in [2.75, 3.05) is 0 Å². The van der Waals surface area contributed by atoms with E-state index in [1.54, 1.807) is 0 Å². The number of carbonyl (C=O) groups is 1. The minimum atomic E-state index is -5.79. The predicted octanol–water partition coefficient (Wildman–Crippen LogP) is 3.15. The number of alkyl halides is 2. The van der Waals surface area contributed by atoms with E-state index < -0.39 is 27.4 Å². The second-order valence-electron chi connectivity index (χ2n) is 6.33. The van der Waals surface area contributed by atoms with E-state index in [9.17, 15) is 22.0 Å². The van der Waals surface area contributed by atoms with Crippen molar-refractivity contribution in [3.05, 3.63) is 0 Å². The van der Waals surface area contributed by atoms with E-state index in [1.807, 2.05) is 0 Å². The van der Waals surface area contributed by atoms with Gasteiger partial charge in [-0.1, -0.05) is 32.1 Å². The molecule has 0 aromatic heterocycles. The van der Waals surface area contributed by atoms with Gasteiger partial charge in [-0.15, -0.1) is 0 Å². The van der Waals surface area contributed by atoms with Crippen LogP contribution in [0.1, 0.15) is 57.8 Å². The van der Waals surface area contributed by atoms with Crippen molar-refractivity contribution >= 4 is 16.1 Å². The van der Waals surface area contributed by atoms with E-state index >= 15 is 0 Å². The molecule has 2 fully saturated rings. The summed E-state index contributed by atoms with van der Waals surface area (Å²) in [6, 6.07) is 0. The van der Waals surface area contributed by atoms with Crippen molar-refractivity contribution in [3.8, 4) is 0 Å². The molecule has 0 aliphatic heterocycles. The summed E-state index contributed by atoms with van der Waals surface area (Å²) in [5.41, 5.74) is 0. The summed E-state index contributed by atoms with van der Waals surface area (Å²) in [6.07, 6.45) is 8.00. The highest BCUT2D eigenvalue weighted by atomic mass is 32.2. The molecule has 0 amide bonds. The first-order chi connectivity index (χ1) is 10.2. The molecular weight excluding hydrogens is 318 g/mol. The molecule has 8 heteroatoms. The van der Waals surface area contributed by atoms with Gasteiger partial charge in [-0.2, -0.15) is 17.2 Å². The zero-order valence-electron chi connectivity index (χ0n) is 12.3. The number of hydrogen-bond donors (Lipinski definition) is 1. The van der Waals surface area contributed by atoms with Crippen LogP contribution in [-0.2, 0) is 19.6 Å². The first kappa shape index (κ1) is 17.6. The molecule has 0 unspecified atom stereocenters. The van der Waals surface area contributed by atoms with Gasteiger partial charge in [0.2, 0.25) is 0 Å². The SMILES string of the molecule is O=C(OC1CCC(C2CCCCC2)CC1)C(F)(F)S(=O)(=O)O. The number of rotatable bonds is 4. The first-order valence-corrected chi connectivity index (χ1v) is 9.21. The third-order valence-corrected chi connectivity index (χ3v) is 5.69. The Morgan fingerprint density at radius 1 is 0.955 bits per heavy atom. The zero-order valence-corrected chi connectivity index (χ0v) is 13.2. The van der Waals surface area contributed by atoms with Crippen LogP contribution in [0.25, 0.3) is 0 Å². The molecule has 0 radical (unpaired) electrons. The Morgan fingerprint density at radius 2 is 1.45 bits per heavy atom. The summed E-state index contributed by atoms with van der Waals surface area (Å²) < 4.78 is 60.2. The predicted molar refractivity (Wildman–Crippen MR) is 74.9 cm³/mol. The molecule has 1 N–H and O–H groups in total. The highest BCUT2D eigenvalue weighted by Gasteiger charge is 2.54. The van der Waals surface area contributed by atoms with Crippen molar-refractivity contribution in [1.29, 1.82) is 0 Å². The Morgan fingerprint density at radius 3 is 1.95 bits per heavy atom. The summed E-state index contributed by atoms with van der Waals surface area (Å²) in [6.45, 7) is 0. The quantitative estimate of drug-likeness (QED) is 0.628. The maximum Gasteiger partial charge on any atom is 0.465 e. The molecule has 2 aliphatic rings. The normalized spacial score (nSPS) is 28.3. The summed E-state index contributed by atoms with van der Waals surface area (Å²) >= 11 is 0. The van der Waals surface area contributed by atoms with Gasteiger partial charge in [0.1, 0.15) is 6.10 Å². The van der Waals surface area contributed by atoms with E-state index in [0.717, 1.165) is 12.8 Å². The fourth-order valence-electron chi connectivity index (χ4n) is 3.61. The highest BCUT2D eigenvalue weighted by Crippen LogP contribution is 2.39. The van der Waals surface area contributed by atoms with Crippen LogP contribution in [0, 0.1) is 11.8 Å². The second kappa shape index (κ2) is 6.78. The van der Waals surface area contributed by atoms with Crippen LogP contribution < -0.4 is 0 Å². The Balaban J connectivity index is 1.83. The fourth-order valence-corrected chi connectivity index (χ4v) is 3.87. The van der Waals surface area contributed by atoms with E-state index in [-0.39, 0.29) is 0 Å². The molecule has 0 spiro atoms. The van der Waals surface area contributed by atoms with Gasteiger partial charge in [0.25, 0.3) is 0 Å². The molecule has 128 valence electrons. The molecular formula is C14H22F2O5S. The van der Waals surface area contributed by atoms with Gasteiger partial charge in [0.15, 0.2) is 0 Å². The standard InChI is InChI=1S/C14H22F2O5S/c15-14(16,22(18,19)20)13(17)21-12-8-6-11(7-9-12)10-4-2-1-3-5-10/h10-12H,1-9H2,(H,18,19,20). The Kier molecular flexibility index (Phi) is 5.42. The third-order valence-electron chi connectivity index (χ3n) is 4.87. The topological polar surface area (TPSA) is 80.7 Å². The van der Waals surface area contributed by atoms with Crippen molar-refractivity contribution in [1.82, 2.24) is 0 Å². The van der Waals surface area contributed by atoms with Crippen LogP contribution in [-0.4, -0.2) is 30.3 Å². The van der Waals surface area contributed by atoms with Crippen LogP contribution in [0.2, 0.25) is 0 Å². The Hall–Kier alpha value is -0.760. The van der Waals surface area contributed by atoms with Gasteiger partial charge in [-0.05, 0) is 37.5 Å². The number of carbonyl (C=O) groups excluding carboxylic acids is 1. The summed E-state index contributed by atoms with van der Waals surface area (Å²) in [7, 11) is -5.79. The minimum absolute atomic E-state index is 0.467. The van der Waals surface area contributed by atoms with E-state index in [0.29, 0.717) is 24.7 Å². The van der Waals surface area contributed by atoms with E-state index in [1.165, 1.54) is 32.1 Å². The molecule has 5 nitrogen and oxygen atoms in total. The Labute approximate surface area is 129 Å². The first-order valence-electron chi connectivity index (χ1n) is 7.77. The molecule has 0 atom stereocenters. The maximum atomic E-state index is 13.1. The molecule has 0 bridgehead atoms. The minimum Gasteiger partial charge on any atom is -0.457 e. The molecule has 2 rings (SSSR count). The lowest BCUT2D eigenvalue weighted by atomic mass is 9.73. The lowest BCUT2D eigenvalue weighted by Crippen LogP contribution is -2.41. The molecule has 22 heavy (non-hydrogen) atoms. The number of halogens is 2. The van der Waals surface area contributed by atoms with E-state index in [4.69, 9.17) is 4.55 Å². The van der Waals surface area contributed by atoms with Crippen molar-refractivity contribution in [2.24, 2.45) is 11.8 Å². The van der Waals surface area contributed by atoms with Crippen molar-refractivity contribution < 1.29 is 31.3 Å². The van der Waals surface area contributed by atoms with Gasteiger partial charge >= 0.3 is 21.3 Å². The van der Waals surface area contributed by atoms with Crippen molar-refractivity contribution in [2.45, 2.75) is 69.1 Å². The van der Waals surface area contributed by atoms with Crippen LogP contribution in [0.15, 0.2) is 0 Å². The molecule has 2 aliphatic carbocycles. The molecule has 0 heterocycles. The average molecular weight is 340 g/mol. The number of ether oxygens (including phenoxy) is 1. The van der Waals surface area contributed by atoms with Crippen LogP contribution in [0.4, 0.5) is 8.78 Å². The van der Waals surface area contributed by atoms with Gasteiger partial charge in [0.05, 0.1) is 0 Å². The maximum absolute atomic E-state index is 13.1. The summed E-state index contributed by atoms with van der Waals surface area (Å²) in [5.74, 6) is -0.974. The van der Waals surface area contributed by atoms with Crippen LogP contribution in [0.5, 0.6) is 0 Å². The monoisotopic (exact) mass is 340 g/mol. The summed E-state index contributed by atoms with van der Waals surface area (Å²) in [4.78, 5) is 11.3. The van der Waals surface area contributed by atoms with Gasteiger partial charge < -0.3 is 4.74 Å². The van der Waals surface area contributed by atoms with Crippen LogP contribution in [0.3, 0.4) is 0 Å². The van der Waals surface area contributed by atoms with Gasteiger partial charge in [-0.25, -0.2) is 4.79 Å². The zero-order chi connectivity index (χ0) is 16.4. The average Bonchev–Trinajstić information content (AvgIpc) is 2.47. The number of esters is 1. The smallest absolute Gasteiger partial charge is 0.457 e. The lowest BCUT2D eigenvalue weighted by molar-refractivity contribution is -0.169. The number of hydrogen-bond acceptors (Lipinski definition) is 4. The second-order valence-corrected chi connectivity index (χ2v) is 7.79. The fraction of sp³-hybridized carbons (Fsp3) is 0.929. The van der Waals surface area contributed by atoms with Gasteiger partial charge in [0, 0.05) is 0 Å². The Bertz CT molecular complexity index is 491. The highest BCUT2D eigenvalue weighted by molar-refractivity contribution is 7.87. The lowest BCUT2D eigenvalue weighted by Gasteiger charge is -2.35. The molecule has 0 aromatic rings. The summed E-state index contributed by atoms with van der Waals surface area (Å²) in [5, 5.41) is -4.90. The van der Waals surface area contributed by atoms with Gasteiger partial charge in [-0.3, -0.25) is 4.55 Å². The molecule has 0 saturated heterocycles. The third kappa shape index (κ3) is 3.95. The largest absolute Gasteiger partial charge is 0.465 e. The van der Waals surface area contributed by atoms with E-state index in [2.05, 4.69) is 4.74 Å². The van der Waals surface area contributed by atoms with Crippen molar-refractivity contribution in [3.63, 3.8) is 0 Å². The molecule has 2 saturated carbocycles. The van der Waals surface area contributed by atoms with Crippen LogP contribution >= 0.6 is 0 Å².